The van der Waals surface area contributed by atoms with E-state index in [1.54, 1.807) is 0 Å². The average Bonchev–Trinajstić information content (AvgIpc) is 3.23. The first kappa shape index (κ1) is 25.2. The summed E-state index contributed by atoms with van der Waals surface area (Å²) >= 11 is 0. The zero-order valence-corrected chi connectivity index (χ0v) is 18.8. The van der Waals surface area contributed by atoms with Crippen LogP contribution in [-0.4, -0.2) is 95.1 Å². The average molecular weight is 492 g/mol. The lowest BCUT2D eigenvalue weighted by Crippen LogP contribution is -2.37. The molecule has 0 saturated carbocycles. The quantitative estimate of drug-likeness (QED) is 0.232. The smallest absolute Gasteiger partial charge is 0.364 e. The second kappa shape index (κ2) is 9.80. The van der Waals surface area contributed by atoms with Crippen LogP contribution in [0.25, 0.3) is 11.0 Å². The first-order chi connectivity index (χ1) is 15.6. The number of nitrogens with one attached hydrogen (secondary N) is 1. The highest BCUT2D eigenvalue weighted by molar-refractivity contribution is 7.55. The molecule has 0 spiro atoms. The monoisotopic (exact) mass is 492 g/mol. The van der Waals surface area contributed by atoms with E-state index in [1.807, 2.05) is 0 Å². The fourth-order valence-electron chi connectivity index (χ4n) is 3.39. The number of fused-ring (bicyclic) bond motifs is 1. The largest absolute Gasteiger partial charge is 0.479 e. The van der Waals surface area contributed by atoms with Crippen molar-refractivity contribution < 1.29 is 43.6 Å². The lowest BCUT2D eigenvalue weighted by atomic mass is 10.1. The summed E-state index contributed by atoms with van der Waals surface area (Å²) in [5.41, 5.74) is -1.14. The highest BCUT2D eigenvalue weighted by atomic mass is 31.2. The summed E-state index contributed by atoms with van der Waals surface area (Å²) in [5, 5.41) is 53.1. The Hall–Kier alpha value is -2.46. The Labute approximate surface area is 186 Å². The maximum Gasteiger partial charge on any atom is 0.364 e. The zero-order chi connectivity index (χ0) is 24.5. The van der Waals surface area contributed by atoms with Gasteiger partial charge in [0.1, 0.15) is 18.3 Å². The Morgan fingerprint density at radius 1 is 1.27 bits per heavy atom. The molecule has 0 radical (unpaired) electrons. The predicted molar refractivity (Wildman–Crippen MR) is 109 cm³/mol. The van der Waals surface area contributed by atoms with E-state index in [1.165, 1.54) is 20.9 Å². The predicted octanol–water partition coefficient (Wildman–Crippen LogP) is -1.77. The number of ether oxygens (including phenoxy) is 1. The van der Waals surface area contributed by atoms with Gasteiger partial charge in [0.15, 0.2) is 23.1 Å². The number of anilines is 1. The molecule has 16 nitrogen and oxygen atoms in total. The van der Waals surface area contributed by atoms with Crippen molar-refractivity contribution in [3.63, 3.8) is 0 Å². The van der Waals surface area contributed by atoms with Gasteiger partial charge in [0.05, 0.1) is 19.8 Å². The van der Waals surface area contributed by atoms with Crippen LogP contribution >= 0.6 is 7.60 Å². The van der Waals surface area contributed by atoms with Gasteiger partial charge in [0, 0.05) is 7.05 Å². The fraction of sp³-hybridized carbons (Fsp3) is 0.688. The van der Waals surface area contributed by atoms with E-state index >= 15 is 0 Å². The van der Waals surface area contributed by atoms with Crippen LogP contribution in [0.15, 0.2) is 4.79 Å². The maximum atomic E-state index is 13.0. The SMILES string of the molecule is CCOP(=O)(OCC)C(Nc1nn(C)c2c(=O)n(C3OC(CO)C(O)C3O)nnc12)C(=O)O. The molecule has 1 fully saturated rings. The van der Waals surface area contributed by atoms with Crippen molar-refractivity contribution in [2.75, 3.05) is 25.1 Å². The normalized spacial score (nSPS) is 24.3. The third-order valence-corrected chi connectivity index (χ3v) is 7.09. The number of hydrogen-bond acceptors (Lipinski definition) is 13. The third-order valence-electron chi connectivity index (χ3n) is 4.87. The molecule has 5 unspecified atom stereocenters. The molecule has 5 atom stereocenters. The summed E-state index contributed by atoms with van der Waals surface area (Å²) in [7, 11) is -2.81. The van der Waals surface area contributed by atoms with Crippen LogP contribution in [0, 0.1) is 0 Å². The second-order valence-corrected chi connectivity index (χ2v) is 9.11. The third kappa shape index (κ3) is 4.50. The highest BCUT2D eigenvalue weighted by Crippen LogP contribution is 2.53. The van der Waals surface area contributed by atoms with Crippen LogP contribution < -0.4 is 10.9 Å². The van der Waals surface area contributed by atoms with Crippen LogP contribution in [-0.2, 0) is 30.2 Å². The van der Waals surface area contributed by atoms with E-state index in [9.17, 15) is 34.6 Å². The van der Waals surface area contributed by atoms with Crippen molar-refractivity contribution in [1.82, 2.24) is 24.8 Å². The number of hydrogen-bond donors (Lipinski definition) is 5. The van der Waals surface area contributed by atoms with Gasteiger partial charge in [-0.3, -0.25) is 14.0 Å². The summed E-state index contributed by atoms with van der Waals surface area (Å²) in [4.78, 5) is 24.9. The minimum absolute atomic E-state index is 0.0827. The van der Waals surface area contributed by atoms with Gasteiger partial charge in [-0.2, -0.15) is 9.78 Å². The van der Waals surface area contributed by atoms with Gasteiger partial charge in [-0.15, -0.1) is 5.10 Å². The van der Waals surface area contributed by atoms with Crippen molar-refractivity contribution in [3.8, 4) is 0 Å². The van der Waals surface area contributed by atoms with Gasteiger partial charge in [0.25, 0.3) is 5.56 Å². The Morgan fingerprint density at radius 2 is 1.91 bits per heavy atom. The number of aromatic nitrogens is 5. The van der Waals surface area contributed by atoms with Crippen LogP contribution in [0.1, 0.15) is 20.1 Å². The maximum absolute atomic E-state index is 13.0. The number of aliphatic hydroxyl groups excluding tert-OH is 3. The van der Waals surface area contributed by atoms with Crippen LogP contribution in [0.3, 0.4) is 0 Å². The van der Waals surface area contributed by atoms with Crippen LogP contribution in [0.5, 0.6) is 0 Å². The number of aliphatic hydroxyl groups is 3. The van der Waals surface area contributed by atoms with Crippen molar-refractivity contribution >= 4 is 30.4 Å². The zero-order valence-electron chi connectivity index (χ0n) is 17.9. The summed E-state index contributed by atoms with van der Waals surface area (Å²) in [6.45, 7) is 2.27. The van der Waals surface area contributed by atoms with Gasteiger partial charge in [0.2, 0.25) is 5.78 Å². The highest BCUT2D eigenvalue weighted by Gasteiger charge is 2.45. The van der Waals surface area contributed by atoms with E-state index < -0.39 is 56.1 Å². The summed E-state index contributed by atoms with van der Waals surface area (Å²) in [5.74, 6) is -3.63. The molecule has 1 saturated heterocycles. The Bertz CT molecular complexity index is 1110. The molecule has 0 aliphatic carbocycles. The van der Waals surface area contributed by atoms with E-state index in [2.05, 4.69) is 20.7 Å². The first-order valence-corrected chi connectivity index (χ1v) is 11.5. The lowest BCUT2D eigenvalue weighted by Gasteiger charge is -2.23. The molecule has 17 heteroatoms. The number of carboxylic acids is 1. The number of nitrogens with zero attached hydrogens (tertiary/aromatic N) is 5. The molecule has 184 valence electrons. The number of aryl methyl sites for hydroxylation is 1. The fourth-order valence-corrected chi connectivity index (χ4v) is 5.03. The molecule has 1 aliphatic rings. The molecule has 3 rings (SSSR count). The Balaban J connectivity index is 2.03. The summed E-state index contributed by atoms with van der Waals surface area (Å²) in [6, 6.07) is 0. The van der Waals surface area contributed by atoms with Crippen molar-refractivity contribution in [2.45, 2.75) is 44.2 Å². The van der Waals surface area contributed by atoms with Gasteiger partial charge >= 0.3 is 13.6 Å². The Kier molecular flexibility index (Phi) is 7.48. The van der Waals surface area contributed by atoms with Crippen molar-refractivity contribution in [1.29, 1.82) is 0 Å². The molecule has 0 bridgehead atoms. The number of aliphatic carboxylic acids is 1. The van der Waals surface area contributed by atoms with Crippen LogP contribution in [0.4, 0.5) is 5.82 Å². The van der Waals surface area contributed by atoms with Gasteiger partial charge in [-0.05, 0) is 13.8 Å². The van der Waals surface area contributed by atoms with Crippen LogP contribution in [0.2, 0.25) is 0 Å². The number of rotatable bonds is 10. The molecule has 1 aliphatic heterocycles. The molecule has 2 aromatic rings. The molecule has 3 heterocycles. The minimum Gasteiger partial charge on any atom is -0.479 e. The van der Waals surface area contributed by atoms with E-state index in [-0.39, 0.29) is 30.1 Å². The second-order valence-electron chi connectivity index (χ2n) is 7.00. The van der Waals surface area contributed by atoms with E-state index in [4.69, 9.17) is 13.8 Å². The van der Waals surface area contributed by atoms with Gasteiger partial charge in [-0.1, -0.05) is 5.21 Å². The standard InChI is InChI=1S/C16H25N6O10P/c1-4-30-33(29,31-5-2)13(16(27)28)17-12-8-9(21(3)19-12)14(26)22(20-18-8)15-11(25)10(24)7(6-23)32-15/h7,10-11,13,15,23-25H,4-6H2,1-3H3,(H,17,19)(H,27,28). The Morgan fingerprint density at radius 3 is 2.42 bits per heavy atom. The molecule has 5 N–H and O–H groups in total. The number of carboxylic acid groups (broad SMARTS) is 1. The van der Waals surface area contributed by atoms with Gasteiger partial charge < -0.3 is 39.5 Å². The van der Waals surface area contributed by atoms with E-state index in [0.29, 0.717) is 4.68 Å². The molecule has 0 aromatic carbocycles. The number of carbonyl (C=O) groups is 1. The van der Waals surface area contributed by atoms with Gasteiger partial charge in [-0.25, -0.2) is 4.79 Å². The minimum atomic E-state index is -4.18. The molecule has 33 heavy (non-hydrogen) atoms. The molecule has 2 aromatic heterocycles. The summed E-state index contributed by atoms with van der Waals surface area (Å²) in [6.07, 6.45) is -5.61. The lowest BCUT2D eigenvalue weighted by molar-refractivity contribution is -0.136. The topological polar surface area (TPSA) is 220 Å². The molecular weight excluding hydrogens is 467 g/mol. The molecule has 0 amide bonds. The van der Waals surface area contributed by atoms with Crippen molar-refractivity contribution in [3.05, 3.63) is 10.4 Å². The van der Waals surface area contributed by atoms with E-state index in [0.717, 1.165) is 4.68 Å². The molecular formula is C16H25N6O10P. The first-order valence-electron chi connectivity index (χ1n) is 9.92. The summed E-state index contributed by atoms with van der Waals surface area (Å²) < 4.78 is 30.3. The van der Waals surface area contributed by atoms with Crippen molar-refractivity contribution in [2.24, 2.45) is 7.05 Å².